The summed E-state index contributed by atoms with van der Waals surface area (Å²) in [6.07, 6.45) is 13.0. The second-order valence-corrected chi connectivity index (χ2v) is 5.97. The van der Waals surface area contributed by atoms with Gasteiger partial charge in [-0.25, -0.2) is 0 Å². The molecule has 0 aliphatic heterocycles. The molecule has 0 spiro atoms. The molecular weight excluding hydrogens is 218 g/mol. The van der Waals surface area contributed by atoms with Gasteiger partial charge in [-0.3, -0.25) is 0 Å². The molecule has 2 N–H and O–H groups in total. The van der Waals surface area contributed by atoms with Crippen molar-refractivity contribution in [3.8, 4) is 0 Å². The van der Waals surface area contributed by atoms with Crippen molar-refractivity contribution in [3.63, 3.8) is 0 Å². The lowest BCUT2D eigenvalue weighted by Crippen LogP contribution is -2.39. The molecule has 0 unspecified atom stereocenters. The number of aryl methyl sites for hydroxylation is 1. The summed E-state index contributed by atoms with van der Waals surface area (Å²) in [5.41, 5.74) is 8.16. The summed E-state index contributed by atoms with van der Waals surface area (Å²) in [6.45, 7) is 0. The van der Waals surface area contributed by atoms with Gasteiger partial charge in [0.25, 0.3) is 0 Å². The first-order valence-electron chi connectivity index (χ1n) is 7.61. The fourth-order valence-electron chi connectivity index (χ4n) is 3.13. The van der Waals surface area contributed by atoms with E-state index in [1.54, 1.807) is 0 Å². The largest absolute Gasteiger partial charge is 0.325 e. The topological polar surface area (TPSA) is 26.0 Å². The molecule has 1 heteroatoms. The van der Waals surface area contributed by atoms with Crippen molar-refractivity contribution in [3.05, 3.63) is 35.9 Å². The van der Waals surface area contributed by atoms with E-state index in [0.29, 0.717) is 0 Å². The molecule has 1 aromatic rings. The highest BCUT2D eigenvalue weighted by Gasteiger charge is 2.25. The van der Waals surface area contributed by atoms with Crippen molar-refractivity contribution in [1.29, 1.82) is 0 Å². The van der Waals surface area contributed by atoms with E-state index in [-0.39, 0.29) is 5.54 Å². The summed E-state index contributed by atoms with van der Waals surface area (Å²) in [5, 5.41) is 0. The quantitative estimate of drug-likeness (QED) is 0.602. The molecule has 1 aromatic carbocycles. The predicted molar refractivity (Wildman–Crippen MR) is 78.6 cm³/mol. The maximum atomic E-state index is 6.54. The fourth-order valence-corrected chi connectivity index (χ4v) is 3.13. The van der Waals surface area contributed by atoms with Crippen LogP contribution in [0.5, 0.6) is 0 Å². The highest BCUT2D eigenvalue weighted by molar-refractivity contribution is 5.14. The Morgan fingerprint density at radius 3 is 2.22 bits per heavy atom. The molecule has 0 bridgehead atoms. The van der Waals surface area contributed by atoms with Crippen LogP contribution < -0.4 is 5.73 Å². The van der Waals surface area contributed by atoms with Crippen molar-refractivity contribution in [2.24, 2.45) is 5.73 Å². The van der Waals surface area contributed by atoms with E-state index in [9.17, 15) is 0 Å². The highest BCUT2D eigenvalue weighted by Crippen LogP contribution is 2.29. The van der Waals surface area contributed by atoms with Gasteiger partial charge >= 0.3 is 0 Å². The molecular formula is C17H27N. The van der Waals surface area contributed by atoms with Gasteiger partial charge in [0, 0.05) is 5.54 Å². The Labute approximate surface area is 112 Å². The smallest absolute Gasteiger partial charge is 0.0154 e. The maximum absolute atomic E-state index is 6.54. The lowest BCUT2D eigenvalue weighted by atomic mass is 9.86. The van der Waals surface area contributed by atoms with Crippen LogP contribution in [0.3, 0.4) is 0 Å². The Kier molecular flexibility index (Phi) is 5.25. The fraction of sp³-hybridized carbons (Fsp3) is 0.647. The Hall–Kier alpha value is -0.820. The molecule has 100 valence electrons. The van der Waals surface area contributed by atoms with E-state index in [2.05, 4.69) is 30.3 Å². The molecule has 0 atom stereocenters. The second-order valence-electron chi connectivity index (χ2n) is 5.97. The number of benzene rings is 1. The van der Waals surface area contributed by atoms with E-state index >= 15 is 0 Å². The summed E-state index contributed by atoms with van der Waals surface area (Å²) in [7, 11) is 0. The number of hydrogen-bond acceptors (Lipinski definition) is 1. The van der Waals surface area contributed by atoms with Crippen LogP contribution in [0, 0.1) is 0 Å². The molecule has 0 radical (unpaired) electrons. The average molecular weight is 245 g/mol. The summed E-state index contributed by atoms with van der Waals surface area (Å²) in [6, 6.07) is 10.8. The lowest BCUT2D eigenvalue weighted by Gasteiger charge is -2.28. The molecule has 0 saturated heterocycles. The molecule has 1 aliphatic rings. The first-order chi connectivity index (χ1) is 8.79. The summed E-state index contributed by atoms with van der Waals surface area (Å²) in [4.78, 5) is 0. The Balaban J connectivity index is 1.68. The van der Waals surface area contributed by atoms with Gasteiger partial charge in [0.2, 0.25) is 0 Å². The zero-order valence-corrected chi connectivity index (χ0v) is 11.5. The van der Waals surface area contributed by atoms with Crippen LogP contribution in [-0.4, -0.2) is 5.54 Å². The third-order valence-corrected chi connectivity index (χ3v) is 4.33. The Morgan fingerprint density at radius 2 is 1.56 bits per heavy atom. The van der Waals surface area contributed by atoms with Gasteiger partial charge in [-0.2, -0.15) is 0 Å². The van der Waals surface area contributed by atoms with E-state index in [1.165, 1.54) is 69.8 Å². The first kappa shape index (κ1) is 13.6. The van der Waals surface area contributed by atoms with Crippen LogP contribution in [-0.2, 0) is 6.42 Å². The van der Waals surface area contributed by atoms with Gasteiger partial charge < -0.3 is 5.73 Å². The van der Waals surface area contributed by atoms with Gasteiger partial charge in [0.15, 0.2) is 0 Å². The normalized spacial score (nSPS) is 19.4. The van der Waals surface area contributed by atoms with Crippen molar-refractivity contribution in [1.82, 2.24) is 0 Å². The second kappa shape index (κ2) is 6.94. The van der Waals surface area contributed by atoms with Crippen LogP contribution in [0.2, 0.25) is 0 Å². The van der Waals surface area contributed by atoms with Crippen LogP contribution in [0.4, 0.5) is 0 Å². The SMILES string of the molecule is NC1(CCCCc2ccccc2)CCCCCC1. The van der Waals surface area contributed by atoms with Gasteiger partial charge in [-0.15, -0.1) is 0 Å². The Bertz CT molecular complexity index is 323. The molecule has 0 amide bonds. The van der Waals surface area contributed by atoms with Crippen molar-refractivity contribution in [2.45, 2.75) is 69.7 Å². The van der Waals surface area contributed by atoms with Crippen LogP contribution in [0.15, 0.2) is 30.3 Å². The molecule has 1 nitrogen and oxygen atoms in total. The van der Waals surface area contributed by atoms with Gasteiger partial charge in [-0.1, -0.05) is 62.4 Å². The Morgan fingerprint density at radius 1 is 0.889 bits per heavy atom. The molecule has 0 heterocycles. The van der Waals surface area contributed by atoms with E-state index < -0.39 is 0 Å². The molecule has 18 heavy (non-hydrogen) atoms. The van der Waals surface area contributed by atoms with E-state index in [4.69, 9.17) is 5.73 Å². The first-order valence-corrected chi connectivity index (χ1v) is 7.61. The predicted octanol–water partition coefficient (Wildman–Crippen LogP) is 4.45. The van der Waals surface area contributed by atoms with Crippen LogP contribution >= 0.6 is 0 Å². The molecule has 1 fully saturated rings. The summed E-state index contributed by atoms with van der Waals surface area (Å²) in [5.74, 6) is 0. The lowest BCUT2D eigenvalue weighted by molar-refractivity contribution is 0.333. The molecule has 1 aliphatic carbocycles. The maximum Gasteiger partial charge on any atom is 0.0154 e. The zero-order chi connectivity index (χ0) is 12.7. The monoisotopic (exact) mass is 245 g/mol. The molecule has 2 rings (SSSR count). The van der Waals surface area contributed by atoms with Crippen LogP contribution in [0.1, 0.15) is 63.4 Å². The average Bonchev–Trinajstić information content (AvgIpc) is 2.61. The van der Waals surface area contributed by atoms with E-state index in [1.807, 2.05) is 0 Å². The zero-order valence-electron chi connectivity index (χ0n) is 11.5. The minimum Gasteiger partial charge on any atom is -0.325 e. The third-order valence-electron chi connectivity index (χ3n) is 4.33. The number of nitrogens with two attached hydrogens (primary N) is 1. The molecule has 1 saturated carbocycles. The van der Waals surface area contributed by atoms with Gasteiger partial charge in [-0.05, 0) is 37.7 Å². The van der Waals surface area contributed by atoms with Gasteiger partial charge in [0.05, 0.1) is 0 Å². The molecule has 0 aromatic heterocycles. The number of hydrogen-bond donors (Lipinski definition) is 1. The third kappa shape index (κ3) is 4.45. The van der Waals surface area contributed by atoms with Crippen molar-refractivity contribution in [2.75, 3.05) is 0 Å². The highest BCUT2D eigenvalue weighted by atomic mass is 14.7. The number of unbranched alkanes of at least 4 members (excludes halogenated alkanes) is 1. The summed E-state index contributed by atoms with van der Waals surface area (Å²) >= 11 is 0. The minimum absolute atomic E-state index is 0.160. The standard InChI is InChI=1S/C17H27N/c18-17(13-7-1-2-8-14-17)15-9-6-12-16-10-4-3-5-11-16/h3-5,10-11H,1-2,6-9,12-15,18H2. The van der Waals surface area contributed by atoms with Gasteiger partial charge in [0.1, 0.15) is 0 Å². The van der Waals surface area contributed by atoms with Crippen LogP contribution in [0.25, 0.3) is 0 Å². The van der Waals surface area contributed by atoms with E-state index in [0.717, 1.165) is 0 Å². The van der Waals surface area contributed by atoms with Crippen molar-refractivity contribution < 1.29 is 0 Å². The van der Waals surface area contributed by atoms with Crippen molar-refractivity contribution >= 4 is 0 Å². The minimum atomic E-state index is 0.160. The summed E-state index contributed by atoms with van der Waals surface area (Å²) < 4.78 is 0. The number of rotatable bonds is 5.